The van der Waals surface area contributed by atoms with Gasteiger partial charge in [-0.15, -0.1) is 0 Å². The molecule has 0 saturated heterocycles. The Morgan fingerprint density at radius 2 is 1.69 bits per heavy atom. The summed E-state index contributed by atoms with van der Waals surface area (Å²) in [5.74, 6) is -2.23. The minimum absolute atomic E-state index is 0.00564. The van der Waals surface area contributed by atoms with Crippen LogP contribution in [0.15, 0.2) is 42.5 Å². The zero-order chi connectivity index (χ0) is 26.3. The summed E-state index contributed by atoms with van der Waals surface area (Å²) in [5.41, 5.74) is 0.566. The first-order valence-corrected chi connectivity index (χ1v) is 13.4. The van der Waals surface area contributed by atoms with Crippen molar-refractivity contribution >= 4 is 39.1 Å². The SMILES string of the molecule is CC[C@H](C(=O)N[C@@H](C)CC)N(Cc1ccc(F)cc1)C(=O)CN(c1ccc(F)c(Cl)c1)S(C)(=O)=O. The van der Waals surface area contributed by atoms with Gasteiger partial charge in [-0.3, -0.25) is 13.9 Å². The van der Waals surface area contributed by atoms with Crippen LogP contribution >= 0.6 is 11.6 Å². The standard InChI is InChI=1S/C24H30ClF2N3O4S/c1-5-16(3)28-24(32)22(6-2)29(14-17-7-9-18(26)10-8-17)23(31)15-30(35(4,33)34)19-11-12-21(27)20(25)13-19/h7-13,16,22H,5-6,14-15H2,1-4H3,(H,28,32)/t16-,22+/m0/s1. The van der Waals surface area contributed by atoms with Gasteiger partial charge in [0.05, 0.1) is 17.0 Å². The van der Waals surface area contributed by atoms with Crippen molar-refractivity contribution in [1.82, 2.24) is 10.2 Å². The predicted molar refractivity (Wildman–Crippen MR) is 133 cm³/mol. The van der Waals surface area contributed by atoms with E-state index in [2.05, 4.69) is 5.32 Å². The van der Waals surface area contributed by atoms with Gasteiger partial charge in [0.2, 0.25) is 21.8 Å². The number of nitrogens with zero attached hydrogens (tertiary/aromatic N) is 2. The molecule has 0 bridgehead atoms. The normalized spacial score (nSPS) is 13.1. The molecule has 0 aliphatic rings. The Bertz CT molecular complexity index is 1150. The highest BCUT2D eigenvalue weighted by atomic mass is 35.5. The molecule has 0 spiro atoms. The Morgan fingerprint density at radius 3 is 2.20 bits per heavy atom. The van der Waals surface area contributed by atoms with Gasteiger partial charge in [-0.25, -0.2) is 17.2 Å². The minimum Gasteiger partial charge on any atom is -0.352 e. The van der Waals surface area contributed by atoms with Gasteiger partial charge in [-0.2, -0.15) is 0 Å². The van der Waals surface area contributed by atoms with Crippen LogP contribution in [-0.4, -0.2) is 50.0 Å². The first kappa shape index (κ1) is 28.5. The lowest BCUT2D eigenvalue weighted by Gasteiger charge is -2.33. The number of halogens is 3. The molecule has 0 aromatic heterocycles. The molecule has 11 heteroatoms. The van der Waals surface area contributed by atoms with Crippen molar-refractivity contribution in [2.45, 2.75) is 52.2 Å². The highest BCUT2D eigenvalue weighted by Gasteiger charge is 2.32. The molecule has 2 atom stereocenters. The number of anilines is 1. The fourth-order valence-corrected chi connectivity index (χ4v) is 4.42. The number of sulfonamides is 1. The van der Waals surface area contributed by atoms with Gasteiger partial charge in [0, 0.05) is 12.6 Å². The van der Waals surface area contributed by atoms with Crippen LogP contribution in [0, 0.1) is 11.6 Å². The average Bonchev–Trinajstić information content (AvgIpc) is 2.79. The van der Waals surface area contributed by atoms with E-state index in [4.69, 9.17) is 11.6 Å². The third kappa shape index (κ3) is 7.90. The number of hydrogen-bond acceptors (Lipinski definition) is 4. The maximum Gasteiger partial charge on any atom is 0.244 e. The van der Waals surface area contributed by atoms with Crippen molar-refractivity contribution in [2.24, 2.45) is 0 Å². The molecule has 7 nitrogen and oxygen atoms in total. The molecular weight excluding hydrogens is 500 g/mol. The van der Waals surface area contributed by atoms with E-state index >= 15 is 0 Å². The van der Waals surface area contributed by atoms with Gasteiger partial charge < -0.3 is 10.2 Å². The van der Waals surface area contributed by atoms with Crippen molar-refractivity contribution in [1.29, 1.82) is 0 Å². The Balaban J connectivity index is 2.45. The number of nitrogens with one attached hydrogen (secondary N) is 1. The van der Waals surface area contributed by atoms with Crippen molar-refractivity contribution < 1.29 is 26.8 Å². The van der Waals surface area contributed by atoms with E-state index in [1.807, 2.05) is 13.8 Å². The number of benzene rings is 2. The summed E-state index contributed by atoms with van der Waals surface area (Å²) in [6.07, 6.45) is 1.85. The summed E-state index contributed by atoms with van der Waals surface area (Å²) >= 11 is 5.83. The molecule has 35 heavy (non-hydrogen) atoms. The molecule has 0 aliphatic carbocycles. The summed E-state index contributed by atoms with van der Waals surface area (Å²) in [6, 6.07) is 7.74. The van der Waals surface area contributed by atoms with Gasteiger partial charge in [-0.05, 0) is 55.7 Å². The van der Waals surface area contributed by atoms with Crippen LogP contribution in [0.3, 0.4) is 0 Å². The van der Waals surface area contributed by atoms with Gasteiger partial charge in [0.1, 0.15) is 24.2 Å². The largest absolute Gasteiger partial charge is 0.352 e. The van der Waals surface area contributed by atoms with E-state index in [1.54, 1.807) is 6.92 Å². The van der Waals surface area contributed by atoms with Crippen LogP contribution in [0.1, 0.15) is 39.2 Å². The highest BCUT2D eigenvalue weighted by Crippen LogP contribution is 2.25. The first-order chi connectivity index (χ1) is 16.4. The monoisotopic (exact) mass is 529 g/mol. The number of hydrogen-bond donors (Lipinski definition) is 1. The molecule has 2 rings (SSSR count). The predicted octanol–water partition coefficient (Wildman–Crippen LogP) is 4.11. The molecular formula is C24H30ClF2N3O4S. The Morgan fingerprint density at radius 1 is 1.06 bits per heavy atom. The van der Waals surface area contributed by atoms with Gasteiger partial charge in [-0.1, -0.05) is 37.6 Å². The summed E-state index contributed by atoms with van der Waals surface area (Å²) in [7, 11) is -3.98. The summed E-state index contributed by atoms with van der Waals surface area (Å²) in [4.78, 5) is 27.8. The maximum atomic E-state index is 13.6. The van der Waals surface area contributed by atoms with E-state index in [0.29, 0.717) is 12.0 Å². The quantitative estimate of drug-likeness (QED) is 0.474. The first-order valence-electron chi connectivity index (χ1n) is 11.1. The fraction of sp³-hybridized carbons (Fsp3) is 0.417. The van der Waals surface area contributed by atoms with Crippen LogP contribution in [0.5, 0.6) is 0 Å². The molecule has 0 fully saturated rings. The van der Waals surface area contributed by atoms with Crippen molar-refractivity contribution in [2.75, 3.05) is 17.1 Å². The third-order valence-corrected chi connectivity index (χ3v) is 6.95. The molecule has 0 radical (unpaired) electrons. The number of amides is 2. The lowest BCUT2D eigenvalue weighted by Crippen LogP contribution is -2.53. The number of carbonyl (C=O) groups is 2. The summed E-state index contributed by atoms with van der Waals surface area (Å²) in [5, 5.41) is 2.56. The second kappa shape index (κ2) is 12.3. The zero-order valence-electron chi connectivity index (χ0n) is 20.1. The van der Waals surface area contributed by atoms with Crippen LogP contribution in [-0.2, 0) is 26.2 Å². The average molecular weight is 530 g/mol. The zero-order valence-corrected chi connectivity index (χ0v) is 21.7. The molecule has 2 amide bonds. The molecule has 0 unspecified atom stereocenters. The smallest absolute Gasteiger partial charge is 0.244 e. The van der Waals surface area contributed by atoms with Crippen LogP contribution in [0.4, 0.5) is 14.5 Å². The molecule has 0 heterocycles. The fourth-order valence-electron chi connectivity index (χ4n) is 3.40. The van der Waals surface area contributed by atoms with Crippen LogP contribution in [0.25, 0.3) is 0 Å². The Hall–Kier alpha value is -2.72. The third-order valence-electron chi connectivity index (χ3n) is 5.52. The molecule has 1 N–H and O–H groups in total. The Kier molecular flexibility index (Phi) is 10.0. The van der Waals surface area contributed by atoms with E-state index in [-0.39, 0.29) is 35.6 Å². The second-order valence-corrected chi connectivity index (χ2v) is 10.6. The van der Waals surface area contributed by atoms with E-state index < -0.39 is 40.2 Å². The van der Waals surface area contributed by atoms with Crippen molar-refractivity contribution in [3.8, 4) is 0 Å². The lowest BCUT2D eigenvalue weighted by molar-refractivity contribution is -0.140. The van der Waals surface area contributed by atoms with Crippen molar-refractivity contribution in [3.63, 3.8) is 0 Å². The Labute approximate surface area is 210 Å². The summed E-state index contributed by atoms with van der Waals surface area (Å²) in [6.45, 7) is 4.79. The minimum atomic E-state index is -3.98. The van der Waals surface area contributed by atoms with E-state index in [0.717, 1.165) is 22.7 Å². The highest BCUT2D eigenvalue weighted by molar-refractivity contribution is 7.92. The van der Waals surface area contributed by atoms with E-state index in [9.17, 15) is 26.8 Å². The van der Waals surface area contributed by atoms with Gasteiger partial charge >= 0.3 is 0 Å². The van der Waals surface area contributed by atoms with E-state index in [1.165, 1.54) is 35.2 Å². The van der Waals surface area contributed by atoms with Crippen LogP contribution in [0.2, 0.25) is 5.02 Å². The molecule has 0 aliphatic heterocycles. The second-order valence-electron chi connectivity index (χ2n) is 8.26. The maximum absolute atomic E-state index is 13.6. The topological polar surface area (TPSA) is 86.8 Å². The van der Waals surface area contributed by atoms with Crippen molar-refractivity contribution in [3.05, 3.63) is 64.7 Å². The van der Waals surface area contributed by atoms with Gasteiger partial charge in [0.25, 0.3) is 0 Å². The number of rotatable bonds is 11. The molecule has 2 aromatic carbocycles. The number of carbonyl (C=O) groups excluding carboxylic acids is 2. The molecule has 192 valence electrons. The molecule has 2 aromatic rings. The van der Waals surface area contributed by atoms with Gasteiger partial charge in [0.15, 0.2) is 0 Å². The van der Waals surface area contributed by atoms with Crippen LogP contribution < -0.4 is 9.62 Å². The lowest BCUT2D eigenvalue weighted by atomic mass is 10.1. The summed E-state index contributed by atoms with van der Waals surface area (Å²) < 4.78 is 52.9. The molecule has 0 saturated carbocycles.